The van der Waals surface area contributed by atoms with Gasteiger partial charge in [-0.1, -0.05) is 12.1 Å². The van der Waals surface area contributed by atoms with Gasteiger partial charge in [0.2, 0.25) is 0 Å². The molecule has 0 saturated carbocycles. The van der Waals surface area contributed by atoms with Crippen molar-refractivity contribution in [3.05, 3.63) is 97.8 Å². The first-order chi connectivity index (χ1) is 20.2. The number of fused-ring (bicyclic) bond motifs is 1. The number of hydrogen-bond donors (Lipinski definition) is 2. The van der Waals surface area contributed by atoms with Gasteiger partial charge in [-0.15, -0.1) is 0 Å². The van der Waals surface area contributed by atoms with Crippen molar-refractivity contribution in [1.29, 1.82) is 0 Å². The van der Waals surface area contributed by atoms with E-state index in [-0.39, 0.29) is 29.0 Å². The fraction of sp³-hybridized carbons (Fsp3) is 0.179. The molecule has 0 spiro atoms. The number of pyridine rings is 1. The smallest absolute Gasteiger partial charge is 0.381 e. The number of aromatic nitrogens is 4. The quantitative estimate of drug-likeness (QED) is 0.283. The van der Waals surface area contributed by atoms with E-state index in [4.69, 9.17) is 10.3 Å². The fourth-order valence-corrected chi connectivity index (χ4v) is 4.82. The van der Waals surface area contributed by atoms with E-state index in [1.807, 2.05) is 0 Å². The molecule has 0 radical (unpaired) electrons. The van der Waals surface area contributed by atoms with Crippen LogP contribution in [0.1, 0.15) is 39.2 Å². The lowest BCUT2D eigenvalue weighted by Gasteiger charge is -2.14. The van der Waals surface area contributed by atoms with Crippen molar-refractivity contribution in [3.63, 3.8) is 0 Å². The average Bonchev–Trinajstić information content (AvgIpc) is 3.38. The summed E-state index contributed by atoms with van der Waals surface area (Å²) in [5.74, 6) is -2.87. The lowest BCUT2D eigenvalue weighted by atomic mass is 10.1. The molecular formula is C28H22F4N6O5. The molecule has 3 aromatic heterocycles. The van der Waals surface area contributed by atoms with Crippen molar-refractivity contribution in [2.45, 2.75) is 26.6 Å². The predicted octanol–water partition coefficient (Wildman–Crippen LogP) is 3.98. The van der Waals surface area contributed by atoms with Gasteiger partial charge in [-0.2, -0.15) is 17.9 Å². The minimum atomic E-state index is -5.01. The highest BCUT2D eigenvalue weighted by atomic mass is 19.4. The highest BCUT2D eigenvalue weighted by Crippen LogP contribution is 2.32. The minimum Gasteiger partial charge on any atom is -0.381 e. The third-order valence-corrected chi connectivity index (χ3v) is 6.74. The van der Waals surface area contributed by atoms with Crippen LogP contribution < -0.4 is 22.2 Å². The van der Waals surface area contributed by atoms with Crippen LogP contribution in [0.3, 0.4) is 0 Å². The molecule has 3 N–H and O–H groups in total. The van der Waals surface area contributed by atoms with E-state index in [0.29, 0.717) is 23.0 Å². The summed E-state index contributed by atoms with van der Waals surface area (Å²) in [7, 11) is 1.45. The number of aryl methyl sites for hydroxylation is 3. The van der Waals surface area contributed by atoms with Crippen LogP contribution in [0.25, 0.3) is 27.7 Å². The monoisotopic (exact) mass is 598 g/mol. The van der Waals surface area contributed by atoms with E-state index in [0.717, 1.165) is 27.6 Å². The second kappa shape index (κ2) is 10.4. The second-order valence-corrected chi connectivity index (χ2v) is 9.47. The van der Waals surface area contributed by atoms with Gasteiger partial charge in [0.15, 0.2) is 5.69 Å². The van der Waals surface area contributed by atoms with Gasteiger partial charge in [-0.3, -0.25) is 23.9 Å². The summed E-state index contributed by atoms with van der Waals surface area (Å²) in [4.78, 5) is 54.5. The molecule has 5 rings (SSSR count). The van der Waals surface area contributed by atoms with Crippen LogP contribution >= 0.6 is 0 Å². The van der Waals surface area contributed by atoms with Gasteiger partial charge < -0.3 is 15.6 Å². The van der Waals surface area contributed by atoms with Gasteiger partial charge in [0, 0.05) is 19.3 Å². The first-order valence-corrected chi connectivity index (χ1v) is 12.6. The number of amides is 2. The number of primary amides is 1. The number of alkyl halides is 3. The zero-order chi connectivity index (χ0) is 31.4. The summed E-state index contributed by atoms with van der Waals surface area (Å²) in [5.41, 5.74) is 1.81. The number of nitrogens with two attached hydrogens (primary N) is 1. The molecule has 5 aromatic rings. The van der Waals surface area contributed by atoms with Gasteiger partial charge in [-0.05, 0) is 55.8 Å². The Bertz CT molecular complexity index is 2050. The fourth-order valence-electron chi connectivity index (χ4n) is 4.82. The lowest BCUT2D eigenvalue weighted by Crippen LogP contribution is -2.21. The molecule has 0 bridgehead atoms. The Kier molecular flexibility index (Phi) is 7.04. The van der Waals surface area contributed by atoms with Crippen LogP contribution in [0.5, 0.6) is 0 Å². The lowest BCUT2D eigenvalue weighted by molar-refractivity contribution is -0.141. The second-order valence-electron chi connectivity index (χ2n) is 9.47. The van der Waals surface area contributed by atoms with Crippen LogP contribution in [0.4, 0.5) is 23.2 Å². The Hall–Kier alpha value is -5.47. The molecule has 11 nitrogen and oxygen atoms in total. The van der Waals surface area contributed by atoms with Crippen molar-refractivity contribution in [2.24, 2.45) is 12.8 Å². The third-order valence-electron chi connectivity index (χ3n) is 6.74. The normalized spacial score (nSPS) is 11.7. The number of halogens is 4. The largest absolute Gasteiger partial charge is 0.433 e. The molecule has 0 aliphatic rings. The number of hydrogen-bond acceptors (Lipinski definition) is 6. The van der Waals surface area contributed by atoms with Gasteiger partial charge >= 0.3 is 6.18 Å². The zero-order valence-corrected chi connectivity index (χ0v) is 22.7. The number of anilines is 1. The zero-order valence-electron chi connectivity index (χ0n) is 22.7. The van der Waals surface area contributed by atoms with Crippen LogP contribution in [-0.2, 0) is 19.8 Å². The van der Waals surface area contributed by atoms with Crippen molar-refractivity contribution < 1.29 is 31.7 Å². The first kappa shape index (κ1) is 29.0. The van der Waals surface area contributed by atoms with Gasteiger partial charge in [0.1, 0.15) is 22.8 Å². The molecule has 0 fully saturated rings. The molecule has 2 amide bonds. The number of rotatable bonds is 6. The van der Waals surface area contributed by atoms with Crippen molar-refractivity contribution in [1.82, 2.24) is 19.1 Å². The Morgan fingerprint density at radius 2 is 1.72 bits per heavy atom. The standard InChI is InChI=1S/C28H22F4N6O5/c1-4-37-23-18(26(41)38(37)16-8-5-14(6-9-16)21-13(2)43-36(3)27(21)42)12-20(28(30,31)32)35-22(23)25(40)34-15-7-10-19(29)17(11-15)24(33)39/h5-12H,4H2,1-3H3,(H2,33,39)(H,34,40). The van der Waals surface area contributed by atoms with E-state index >= 15 is 0 Å². The molecular weight excluding hydrogens is 576 g/mol. The summed E-state index contributed by atoms with van der Waals surface area (Å²) in [5, 5.41) is 1.87. The molecule has 43 heavy (non-hydrogen) atoms. The Morgan fingerprint density at radius 3 is 2.28 bits per heavy atom. The van der Waals surface area contributed by atoms with Crippen LogP contribution in [0.15, 0.2) is 62.6 Å². The number of carbonyl (C=O) groups excluding carboxylic acids is 2. The van der Waals surface area contributed by atoms with Crippen LogP contribution in [-0.4, -0.2) is 30.9 Å². The molecule has 0 saturated heterocycles. The van der Waals surface area contributed by atoms with E-state index < -0.39 is 51.7 Å². The van der Waals surface area contributed by atoms with Crippen molar-refractivity contribution in [3.8, 4) is 16.8 Å². The van der Waals surface area contributed by atoms with Crippen LogP contribution in [0.2, 0.25) is 0 Å². The Morgan fingerprint density at radius 1 is 1.05 bits per heavy atom. The Labute approximate surface area is 238 Å². The van der Waals surface area contributed by atoms with E-state index in [1.54, 1.807) is 26.0 Å². The maximum atomic E-state index is 13.9. The molecule has 0 atom stereocenters. The summed E-state index contributed by atoms with van der Waals surface area (Å²) < 4.78 is 64.2. The number of benzene rings is 2. The topological polar surface area (TPSA) is 147 Å². The molecule has 0 aliphatic carbocycles. The van der Waals surface area contributed by atoms with Crippen LogP contribution in [0, 0.1) is 12.7 Å². The SMILES string of the molecule is CCn1c2c(C(=O)Nc3ccc(F)c(C(N)=O)c3)nc(C(F)(F)F)cc2c(=O)n1-c1ccc(-c2c(C)on(C)c2=O)cc1. The van der Waals surface area contributed by atoms with Gasteiger partial charge in [0.05, 0.1) is 22.2 Å². The molecule has 15 heteroatoms. The summed E-state index contributed by atoms with van der Waals surface area (Å²) in [6.07, 6.45) is -5.01. The first-order valence-electron chi connectivity index (χ1n) is 12.6. The molecule has 3 heterocycles. The van der Waals surface area contributed by atoms with Crippen molar-refractivity contribution in [2.75, 3.05) is 5.32 Å². The molecule has 0 aliphatic heterocycles. The highest BCUT2D eigenvalue weighted by molar-refractivity contribution is 6.11. The molecule has 2 aromatic carbocycles. The summed E-state index contributed by atoms with van der Waals surface area (Å²) >= 11 is 0. The minimum absolute atomic E-state index is 0.0254. The van der Waals surface area contributed by atoms with Crippen molar-refractivity contribution >= 4 is 28.4 Å². The average molecular weight is 599 g/mol. The van der Waals surface area contributed by atoms with Gasteiger partial charge in [0.25, 0.3) is 22.9 Å². The summed E-state index contributed by atoms with van der Waals surface area (Å²) in [6, 6.07) is 9.52. The Balaban J connectivity index is 1.68. The predicted molar refractivity (Wildman–Crippen MR) is 147 cm³/mol. The maximum absolute atomic E-state index is 13.9. The van der Waals surface area contributed by atoms with E-state index in [2.05, 4.69) is 10.3 Å². The highest BCUT2D eigenvalue weighted by Gasteiger charge is 2.36. The van der Waals surface area contributed by atoms with E-state index in [9.17, 15) is 36.7 Å². The molecule has 222 valence electrons. The van der Waals surface area contributed by atoms with Gasteiger partial charge in [-0.25, -0.2) is 14.1 Å². The third kappa shape index (κ3) is 4.98. The summed E-state index contributed by atoms with van der Waals surface area (Å²) in [6.45, 7) is 3.25. The number of nitrogens with zero attached hydrogens (tertiary/aromatic N) is 4. The molecule has 0 unspecified atom stereocenters. The maximum Gasteiger partial charge on any atom is 0.433 e. The number of carbonyl (C=O) groups is 2. The number of nitrogens with one attached hydrogen (secondary N) is 1. The van der Waals surface area contributed by atoms with E-state index in [1.165, 1.54) is 23.9 Å².